The van der Waals surface area contributed by atoms with Crippen molar-refractivity contribution in [1.82, 2.24) is 10.2 Å². The lowest BCUT2D eigenvalue weighted by Crippen LogP contribution is -2.52. The highest BCUT2D eigenvalue weighted by atomic mass is 19.1. The van der Waals surface area contributed by atoms with Crippen LogP contribution in [0.1, 0.15) is 50.7 Å². The monoisotopic (exact) mass is 386 g/mol. The molecule has 2 aromatic rings. The number of aryl methyl sites for hydroxylation is 1. The van der Waals surface area contributed by atoms with Crippen molar-refractivity contribution in [1.29, 1.82) is 0 Å². The van der Waals surface area contributed by atoms with Gasteiger partial charge in [-0.05, 0) is 51.2 Å². The summed E-state index contributed by atoms with van der Waals surface area (Å²) in [7, 11) is 4.23. The number of rotatable bonds is 7. The molecular formula is C23H31FN2O2. The molecule has 4 nitrogen and oxygen atoms in total. The van der Waals surface area contributed by atoms with Crippen molar-refractivity contribution in [3.8, 4) is 11.3 Å². The number of nitrogens with zero attached hydrogens (tertiary/aromatic N) is 1. The molecule has 1 aromatic carbocycles. The number of furan rings is 1. The van der Waals surface area contributed by atoms with Gasteiger partial charge in [0.05, 0.1) is 5.56 Å². The molecule has 0 bridgehead atoms. The molecule has 1 fully saturated rings. The van der Waals surface area contributed by atoms with Crippen LogP contribution in [0.3, 0.4) is 0 Å². The van der Waals surface area contributed by atoms with E-state index in [-0.39, 0.29) is 17.3 Å². The Labute approximate surface area is 167 Å². The summed E-state index contributed by atoms with van der Waals surface area (Å²) in [6.07, 6.45) is 8.15. The molecule has 5 heteroatoms. The largest absolute Gasteiger partial charge is 0.461 e. The highest BCUT2D eigenvalue weighted by Gasteiger charge is 2.33. The van der Waals surface area contributed by atoms with Gasteiger partial charge in [-0.2, -0.15) is 0 Å². The Morgan fingerprint density at radius 2 is 1.82 bits per heavy atom. The van der Waals surface area contributed by atoms with Crippen LogP contribution in [-0.4, -0.2) is 37.0 Å². The first-order chi connectivity index (χ1) is 13.5. The summed E-state index contributed by atoms with van der Waals surface area (Å²) in [6.45, 7) is 0.692. The van der Waals surface area contributed by atoms with Gasteiger partial charge in [-0.25, -0.2) is 4.39 Å². The highest BCUT2D eigenvalue weighted by molar-refractivity contribution is 5.76. The lowest BCUT2D eigenvalue weighted by atomic mass is 9.88. The van der Waals surface area contributed by atoms with E-state index in [0.717, 1.165) is 12.8 Å². The van der Waals surface area contributed by atoms with Crippen LogP contribution in [0.2, 0.25) is 0 Å². The molecule has 1 aliphatic carbocycles. The molecule has 0 unspecified atom stereocenters. The Hall–Kier alpha value is -2.14. The first-order valence-corrected chi connectivity index (χ1v) is 10.3. The number of carbonyl (C=O) groups excluding carboxylic acids is 1. The fourth-order valence-corrected chi connectivity index (χ4v) is 4.08. The van der Waals surface area contributed by atoms with E-state index >= 15 is 0 Å². The molecule has 0 saturated heterocycles. The SMILES string of the molecule is CN(C)C1(CNC(=O)CCc2ccc(-c3ccccc3F)o2)CCCCCC1. The minimum Gasteiger partial charge on any atom is -0.461 e. The van der Waals surface area contributed by atoms with Gasteiger partial charge in [0.25, 0.3) is 0 Å². The second kappa shape index (κ2) is 9.37. The first kappa shape index (κ1) is 20.6. The van der Waals surface area contributed by atoms with Crippen LogP contribution in [0, 0.1) is 5.82 Å². The summed E-state index contributed by atoms with van der Waals surface area (Å²) in [5.74, 6) is 0.927. The van der Waals surface area contributed by atoms with Gasteiger partial charge in [0.1, 0.15) is 17.3 Å². The molecule has 1 heterocycles. The van der Waals surface area contributed by atoms with Crippen molar-refractivity contribution in [2.75, 3.05) is 20.6 Å². The summed E-state index contributed by atoms with van der Waals surface area (Å²) < 4.78 is 19.6. The molecule has 1 saturated carbocycles. The van der Waals surface area contributed by atoms with Gasteiger partial charge in [-0.3, -0.25) is 4.79 Å². The molecule has 152 valence electrons. The number of hydrogen-bond acceptors (Lipinski definition) is 3. The topological polar surface area (TPSA) is 45.5 Å². The van der Waals surface area contributed by atoms with Gasteiger partial charge in [-0.15, -0.1) is 0 Å². The van der Waals surface area contributed by atoms with Crippen LogP contribution in [0.5, 0.6) is 0 Å². The third-order valence-corrected chi connectivity index (χ3v) is 6.00. The summed E-state index contributed by atoms with van der Waals surface area (Å²) in [6, 6.07) is 10.1. The van der Waals surface area contributed by atoms with Crippen molar-refractivity contribution in [3.05, 3.63) is 48.0 Å². The molecule has 0 spiro atoms. The average molecular weight is 387 g/mol. The highest BCUT2D eigenvalue weighted by Crippen LogP contribution is 2.30. The normalized spacial score (nSPS) is 16.7. The van der Waals surface area contributed by atoms with Crippen LogP contribution >= 0.6 is 0 Å². The van der Waals surface area contributed by atoms with Crippen LogP contribution in [0.25, 0.3) is 11.3 Å². The van der Waals surface area contributed by atoms with Gasteiger partial charge in [0.15, 0.2) is 0 Å². The number of likely N-dealkylation sites (N-methyl/N-ethyl adjacent to an activating group) is 1. The predicted octanol–water partition coefficient (Wildman–Crippen LogP) is 4.79. The summed E-state index contributed by atoms with van der Waals surface area (Å²) in [5.41, 5.74) is 0.508. The Morgan fingerprint density at radius 3 is 2.50 bits per heavy atom. The lowest BCUT2D eigenvalue weighted by molar-refractivity contribution is -0.121. The fourth-order valence-electron chi connectivity index (χ4n) is 4.08. The predicted molar refractivity (Wildman–Crippen MR) is 110 cm³/mol. The Bertz CT molecular complexity index is 776. The maximum Gasteiger partial charge on any atom is 0.220 e. The third-order valence-electron chi connectivity index (χ3n) is 6.00. The molecule has 0 aliphatic heterocycles. The fraction of sp³-hybridized carbons (Fsp3) is 0.522. The number of hydrogen-bond donors (Lipinski definition) is 1. The van der Waals surface area contributed by atoms with E-state index < -0.39 is 0 Å². The molecule has 0 atom stereocenters. The average Bonchev–Trinajstić information content (AvgIpc) is 3.01. The maximum atomic E-state index is 13.9. The second-order valence-electron chi connectivity index (χ2n) is 8.06. The maximum absolute atomic E-state index is 13.9. The molecule has 28 heavy (non-hydrogen) atoms. The van der Waals surface area contributed by atoms with Crippen molar-refractivity contribution >= 4 is 5.91 Å². The minimum atomic E-state index is -0.307. The molecule has 1 aromatic heterocycles. The van der Waals surface area contributed by atoms with E-state index in [2.05, 4.69) is 24.3 Å². The first-order valence-electron chi connectivity index (χ1n) is 10.3. The van der Waals surface area contributed by atoms with Gasteiger partial charge in [0, 0.05) is 24.9 Å². The van der Waals surface area contributed by atoms with Crippen molar-refractivity contribution in [3.63, 3.8) is 0 Å². The van der Waals surface area contributed by atoms with Crippen molar-refractivity contribution in [2.45, 2.75) is 56.9 Å². The number of carbonyl (C=O) groups is 1. The van der Waals surface area contributed by atoms with Gasteiger partial charge in [0.2, 0.25) is 5.91 Å². The molecule has 1 aliphatic rings. The lowest BCUT2D eigenvalue weighted by Gasteiger charge is -2.39. The Balaban J connectivity index is 1.52. The molecular weight excluding hydrogens is 355 g/mol. The van der Waals surface area contributed by atoms with Gasteiger partial charge >= 0.3 is 0 Å². The van der Waals surface area contributed by atoms with E-state index in [9.17, 15) is 9.18 Å². The quantitative estimate of drug-likeness (QED) is 0.696. The molecule has 3 rings (SSSR count). The van der Waals surface area contributed by atoms with Crippen LogP contribution < -0.4 is 5.32 Å². The van der Waals surface area contributed by atoms with E-state index in [4.69, 9.17) is 4.42 Å². The molecule has 1 N–H and O–H groups in total. The van der Waals surface area contributed by atoms with Gasteiger partial charge < -0.3 is 14.6 Å². The Kier molecular flexibility index (Phi) is 6.89. The minimum absolute atomic E-state index is 0.0364. The number of halogens is 1. The molecule has 0 radical (unpaired) electrons. The van der Waals surface area contributed by atoms with E-state index in [1.807, 2.05) is 6.07 Å². The summed E-state index contributed by atoms with van der Waals surface area (Å²) in [4.78, 5) is 14.7. The zero-order valence-corrected chi connectivity index (χ0v) is 17.0. The second-order valence-corrected chi connectivity index (χ2v) is 8.06. The number of amides is 1. The zero-order chi connectivity index (χ0) is 20.0. The number of nitrogens with one attached hydrogen (secondary N) is 1. The van der Waals surface area contributed by atoms with E-state index in [1.54, 1.807) is 24.3 Å². The number of benzene rings is 1. The molecule has 1 amide bonds. The zero-order valence-electron chi connectivity index (χ0n) is 17.0. The van der Waals surface area contributed by atoms with Crippen LogP contribution in [0.4, 0.5) is 4.39 Å². The van der Waals surface area contributed by atoms with E-state index in [1.165, 1.54) is 31.7 Å². The Morgan fingerprint density at radius 1 is 1.11 bits per heavy atom. The summed E-state index contributed by atoms with van der Waals surface area (Å²) >= 11 is 0. The van der Waals surface area contributed by atoms with Crippen LogP contribution in [-0.2, 0) is 11.2 Å². The standard InChI is InChI=1S/C23H31FN2O2/c1-26(2)23(15-7-3-4-8-16-23)17-25-22(27)14-12-18-11-13-21(28-18)19-9-5-6-10-20(19)24/h5-6,9-11,13H,3-4,7-8,12,14-17H2,1-2H3,(H,25,27). The van der Waals surface area contributed by atoms with E-state index in [0.29, 0.717) is 36.5 Å². The van der Waals surface area contributed by atoms with Crippen molar-refractivity contribution in [2.24, 2.45) is 0 Å². The summed E-state index contributed by atoms with van der Waals surface area (Å²) in [5, 5.41) is 3.14. The van der Waals surface area contributed by atoms with Crippen molar-refractivity contribution < 1.29 is 13.6 Å². The van der Waals surface area contributed by atoms with Gasteiger partial charge in [-0.1, -0.05) is 37.8 Å². The smallest absolute Gasteiger partial charge is 0.220 e. The van der Waals surface area contributed by atoms with Crippen LogP contribution in [0.15, 0.2) is 40.8 Å². The third kappa shape index (κ3) is 5.02.